The Labute approximate surface area is 95.9 Å². The van der Waals surface area contributed by atoms with Crippen molar-refractivity contribution in [2.45, 2.75) is 19.4 Å². The summed E-state index contributed by atoms with van der Waals surface area (Å²) in [6.07, 6.45) is 2.88. The fourth-order valence-corrected chi connectivity index (χ4v) is 1.90. The first-order chi connectivity index (χ1) is 7.66. The molecule has 1 heterocycles. The summed E-state index contributed by atoms with van der Waals surface area (Å²) < 4.78 is 1.84. The first-order valence-electron chi connectivity index (χ1n) is 5.46. The summed E-state index contributed by atoms with van der Waals surface area (Å²) in [5, 5.41) is 4.32. The van der Waals surface area contributed by atoms with Gasteiger partial charge in [-0.05, 0) is 24.5 Å². The minimum atomic E-state index is 0.0455. The number of benzene rings is 1. The normalized spacial score (nSPS) is 12.7. The number of nitrogens with zero attached hydrogens (tertiary/aromatic N) is 2. The number of rotatable bonds is 3. The van der Waals surface area contributed by atoms with Gasteiger partial charge in [-0.3, -0.25) is 4.68 Å². The van der Waals surface area contributed by atoms with Crippen LogP contribution >= 0.6 is 0 Å². The van der Waals surface area contributed by atoms with Gasteiger partial charge >= 0.3 is 0 Å². The molecule has 2 N–H and O–H groups in total. The van der Waals surface area contributed by atoms with Gasteiger partial charge in [0, 0.05) is 19.3 Å². The van der Waals surface area contributed by atoms with E-state index in [4.69, 9.17) is 5.73 Å². The van der Waals surface area contributed by atoms with E-state index in [-0.39, 0.29) is 6.04 Å². The molecule has 0 aliphatic heterocycles. The van der Waals surface area contributed by atoms with Crippen LogP contribution in [0, 0.1) is 6.92 Å². The quantitative estimate of drug-likeness (QED) is 0.850. The van der Waals surface area contributed by atoms with Gasteiger partial charge in [0.1, 0.15) is 0 Å². The van der Waals surface area contributed by atoms with Crippen LogP contribution in [0.1, 0.15) is 22.9 Å². The highest BCUT2D eigenvalue weighted by Gasteiger charge is 2.10. The zero-order valence-electron chi connectivity index (χ0n) is 9.72. The lowest BCUT2D eigenvalue weighted by molar-refractivity contribution is 0.718. The van der Waals surface area contributed by atoms with Crippen molar-refractivity contribution in [3.63, 3.8) is 0 Å². The molecular formula is C13H17N3. The predicted octanol–water partition coefficient (Wildman–Crippen LogP) is 1.97. The van der Waals surface area contributed by atoms with E-state index in [9.17, 15) is 0 Å². The lowest BCUT2D eigenvalue weighted by Gasteiger charge is -2.10. The lowest BCUT2D eigenvalue weighted by Crippen LogP contribution is -2.13. The van der Waals surface area contributed by atoms with Crippen molar-refractivity contribution < 1.29 is 0 Å². The number of aromatic nitrogens is 2. The van der Waals surface area contributed by atoms with E-state index in [0.29, 0.717) is 0 Å². The van der Waals surface area contributed by atoms with Crippen LogP contribution in [-0.4, -0.2) is 9.78 Å². The van der Waals surface area contributed by atoms with Crippen molar-refractivity contribution in [1.29, 1.82) is 0 Å². The molecule has 2 rings (SSSR count). The fraction of sp³-hybridized carbons (Fsp3) is 0.308. The third kappa shape index (κ3) is 2.31. The van der Waals surface area contributed by atoms with E-state index in [0.717, 1.165) is 12.1 Å². The maximum absolute atomic E-state index is 6.17. The first kappa shape index (κ1) is 10.9. The molecule has 1 aromatic carbocycles. The van der Waals surface area contributed by atoms with E-state index in [1.807, 2.05) is 43.0 Å². The summed E-state index contributed by atoms with van der Waals surface area (Å²) in [5.41, 5.74) is 9.63. The van der Waals surface area contributed by atoms with E-state index in [2.05, 4.69) is 17.2 Å². The predicted molar refractivity (Wildman–Crippen MR) is 65.0 cm³/mol. The maximum atomic E-state index is 6.17. The average Bonchev–Trinajstić information content (AvgIpc) is 2.59. The molecule has 16 heavy (non-hydrogen) atoms. The minimum Gasteiger partial charge on any atom is -0.324 e. The molecule has 0 fully saturated rings. The minimum absolute atomic E-state index is 0.0455. The second kappa shape index (κ2) is 4.49. The van der Waals surface area contributed by atoms with Gasteiger partial charge in [-0.15, -0.1) is 0 Å². The largest absolute Gasteiger partial charge is 0.324 e. The molecule has 0 aliphatic carbocycles. The van der Waals surface area contributed by atoms with Gasteiger partial charge in [0.15, 0.2) is 0 Å². The maximum Gasteiger partial charge on any atom is 0.0626 e. The molecule has 84 valence electrons. The Morgan fingerprint density at radius 1 is 1.31 bits per heavy atom. The monoisotopic (exact) mass is 215 g/mol. The molecule has 3 heteroatoms. The Morgan fingerprint density at radius 3 is 2.56 bits per heavy atom. The van der Waals surface area contributed by atoms with Crippen LogP contribution in [0.5, 0.6) is 0 Å². The van der Waals surface area contributed by atoms with Crippen molar-refractivity contribution in [2.24, 2.45) is 12.8 Å². The fourth-order valence-electron chi connectivity index (χ4n) is 1.90. The van der Waals surface area contributed by atoms with Gasteiger partial charge in [-0.1, -0.05) is 30.3 Å². The summed E-state index contributed by atoms with van der Waals surface area (Å²) in [5.74, 6) is 0. The van der Waals surface area contributed by atoms with Crippen molar-refractivity contribution in [2.75, 3.05) is 0 Å². The Bertz CT molecular complexity index is 459. The van der Waals surface area contributed by atoms with Gasteiger partial charge in [-0.2, -0.15) is 5.10 Å². The zero-order chi connectivity index (χ0) is 11.5. The van der Waals surface area contributed by atoms with Gasteiger partial charge < -0.3 is 5.73 Å². The molecule has 1 atom stereocenters. The van der Waals surface area contributed by atoms with Crippen LogP contribution < -0.4 is 5.73 Å². The second-order valence-electron chi connectivity index (χ2n) is 4.13. The Kier molecular flexibility index (Phi) is 3.06. The highest BCUT2D eigenvalue weighted by Crippen LogP contribution is 2.17. The Balaban J connectivity index is 2.14. The topological polar surface area (TPSA) is 43.8 Å². The van der Waals surface area contributed by atoms with Crippen molar-refractivity contribution in [1.82, 2.24) is 9.78 Å². The molecule has 3 nitrogen and oxygen atoms in total. The summed E-state index contributed by atoms with van der Waals surface area (Å²) >= 11 is 0. The smallest absolute Gasteiger partial charge is 0.0626 e. The molecular weight excluding hydrogens is 198 g/mol. The van der Waals surface area contributed by atoms with E-state index in [1.54, 1.807) is 0 Å². The van der Waals surface area contributed by atoms with Gasteiger partial charge in [0.25, 0.3) is 0 Å². The summed E-state index contributed by atoms with van der Waals surface area (Å²) in [6.45, 7) is 2.02. The van der Waals surface area contributed by atoms with E-state index < -0.39 is 0 Å². The number of hydrogen-bond acceptors (Lipinski definition) is 2. The van der Waals surface area contributed by atoms with Crippen molar-refractivity contribution in [3.8, 4) is 0 Å². The second-order valence-corrected chi connectivity index (χ2v) is 4.13. The third-order valence-corrected chi connectivity index (χ3v) is 2.78. The van der Waals surface area contributed by atoms with Crippen LogP contribution in [0.2, 0.25) is 0 Å². The first-order valence-corrected chi connectivity index (χ1v) is 5.46. The molecule has 0 bridgehead atoms. The molecule has 0 aliphatic rings. The van der Waals surface area contributed by atoms with Crippen LogP contribution in [-0.2, 0) is 13.5 Å². The number of hydrogen-bond donors (Lipinski definition) is 1. The molecule has 0 saturated carbocycles. The zero-order valence-corrected chi connectivity index (χ0v) is 9.72. The van der Waals surface area contributed by atoms with Crippen LogP contribution in [0.3, 0.4) is 0 Å². The summed E-state index contributed by atoms with van der Waals surface area (Å²) in [4.78, 5) is 0. The molecule has 0 spiro atoms. The Morgan fingerprint density at radius 2 is 2.00 bits per heavy atom. The number of nitrogens with two attached hydrogens (primary N) is 1. The summed E-state index contributed by atoms with van der Waals surface area (Å²) in [7, 11) is 1.94. The highest BCUT2D eigenvalue weighted by atomic mass is 15.2. The highest BCUT2D eigenvalue weighted by molar-refractivity contribution is 5.23. The third-order valence-electron chi connectivity index (χ3n) is 2.78. The SMILES string of the molecule is Cc1nn(C)cc1CC(N)c1ccccc1. The molecule has 2 aromatic rings. The standard InChI is InChI=1S/C13H17N3/c1-10-12(9-16(2)15-10)8-13(14)11-6-4-3-5-7-11/h3-7,9,13H,8,14H2,1-2H3. The van der Waals surface area contributed by atoms with Crippen molar-refractivity contribution in [3.05, 3.63) is 53.3 Å². The average molecular weight is 215 g/mol. The molecule has 0 saturated heterocycles. The molecule has 0 radical (unpaired) electrons. The van der Waals surface area contributed by atoms with Crippen LogP contribution in [0.4, 0.5) is 0 Å². The van der Waals surface area contributed by atoms with E-state index in [1.165, 1.54) is 11.1 Å². The number of aryl methyl sites for hydroxylation is 2. The summed E-state index contributed by atoms with van der Waals surface area (Å²) in [6, 6.07) is 10.2. The lowest BCUT2D eigenvalue weighted by atomic mass is 10.0. The van der Waals surface area contributed by atoms with Crippen molar-refractivity contribution >= 4 is 0 Å². The molecule has 1 aromatic heterocycles. The van der Waals surface area contributed by atoms with Gasteiger partial charge in [0.05, 0.1) is 5.69 Å². The van der Waals surface area contributed by atoms with Crippen LogP contribution in [0.25, 0.3) is 0 Å². The van der Waals surface area contributed by atoms with E-state index >= 15 is 0 Å². The van der Waals surface area contributed by atoms with Gasteiger partial charge in [0.2, 0.25) is 0 Å². The van der Waals surface area contributed by atoms with Gasteiger partial charge in [-0.25, -0.2) is 0 Å². The molecule has 1 unspecified atom stereocenters. The van der Waals surface area contributed by atoms with Crippen LogP contribution in [0.15, 0.2) is 36.5 Å². The molecule has 0 amide bonds. The Hall–Kier alpha value is -1.61.